The molecule has 11 heteroatoms. The van der Waals surface area contributed by atoms with Gasteiger partial charge in [-0.2, -0.15) is 0 Å². The van der Waals surface area contributed by atoms with Crippen molar-refractivity contribution in [1.29, 1.82) is 0 Å². The minimum atomic E-state index is -0.856. The molecule has 0 fully saturated rings. The highest BCUT2D eigenvalue weighted by Crippen LogP contribution is 2.22. The topological polar surface area (TPSA) is 136 Å². The van der Waals surface area contributed by atoms with Crippen LogP contribution in [0.3, 0.4) is 0 Å². The standard InChI is InChI=1S/C19H27N5O5S/c1-3-28-15(26)9-8-13(19(27)29-4-2)24-14(25)7-5-6-10-30-18-16-17(21-11-20-16)22-12-23-18/h11-13H,3-10H2,1-2H3,(H,24,25)(H,20,21,22,23)/t13-/m0/s1. The SMILES string of the molecule is CCOC(=O)CC[C@H](NC(=O)CCCCSc1ncnc2nc[nH]c12)C(=O)OCC. The summed E-state index contributed by atoms with van der Waals surface area (Å²) in [5.74, 6) is -0.421. The van der Waals surface area contributed by atoms with E-state index in [2.05, 4.69) is 25.3 Å². The van der Waals surface area contributed by atoms with Crippen molar-refractivity contribution in [3.8, 4) is 0 Å². The summed E-state index contributed by atoms with van der Waals surface area (Å²) in [6.45, 7) is 3.88. The quantitative estimate of drug-likeness (QED) is 0.209. The third kappa shape index (κ3) is 7.62. The van der Waals surface area contributed by atoms with Crippen LogP contribution in [0.15, 0.2) is 17.7 Å². The molecule has 0 spiro atoms. The molecular formula is C19H27N5O5S. The molecule has 0 aliphatic heterocycles. The first-order valence-electron chi connectivity index (χ1n) is 9.93. The van der Waals surface area contributed by atoms with Crippen LogP contribution in [0.1, 0.15) is 46.0 Å². The van der Waals surface area contributed by atoms with Crippen molar-refractivity contribution >= 4 is 40.8 Å². The maximum Gasteiger partial charge on any atom is 0.328 e. The molecule has 2 rings (SSSR count). The molecule has 0 aromatic carbocycles. The second-order valence-electron chi connectivity index (χ2n) is 6.30. The Balaban J connectivity index is 1.72. The Hall–Kier alpha value is -2.69. The zero-order chi connectivity index (χ0) is 21.8. The number of thioether (sulfide) groups is 1. The summed E-state index contributed by atoms with van der Waals surface area (Å²) >= 11 is 1.57. The van der Waals surface area contributed by atoms with Gasteiger partial charge < -0.3 is 19.8 Å². The molecule has 0 radical (unpaired) electrons. The van der Waals surface area contributed by atoms with Gasteiger partial charge in [0.15, 0.2) is 5.65 Å². The summed E-state index contributed by atoms with van der Waals surface area (Å²) in [6, 6.07) is -0.856. The summed E-state index contributed by atoms with van der Waals surface area (Å²) in [4.78, 5) is 51.3. The lowest BCUT2D eigenvalue weighted by Gasteiger charge is -2.17. The van der Waals surface area contributed by atoms with E-state index in [4.69, 9.17) is 9.47 Å². The van der Waals surface area contributed by atoms with Crippen molar-refractivity contribution < 1.29 is 23.9 Å². The third-order valence-corrected chi connectivity index (χ3v) is 5.15. The summed E-state index contributed by atoms with van der Waals surface area (Å²) < 4.78 is 9.85. The van der Waals surface area contributed by atoms with E-state index in [0.29, 0.717) is 12.1 Å². The van der Waals surface area contributed by atoms with E-state index >= 15 is 0 Å². The predicted molar refractivity (Wildman–Crippen MR) is 111 cm³/mol. The van der Waals surface area contributed by atoms with Crippen molar-refractivity contribution in [1.82, 2.24) is 25.3 Å². The highest BCUT2D eigenvalue weighted by atomic mass is 32.2. The van der Waals surface area contributed by atoms with Crippen molar-refractivity contribution in [3.63, 3.8) is 0 Å². The number of unbranched alkanes of at least 4 members (excludes halogenated alkanes) is 1. The number of ether oxygens (including phenoxy) is 2. The van der Waals surface area contributed by atoms with Gasteiger partial charge in [-0.3, -0.25) is 9.59 Å². The Bertz CT molecular complexity index is 844. The molecule has 0 aliphatic carbocycles. The molecule has 2 aromatic rings. The fourth-order valence-corrected chi connectivity index (χ4v) is 3.62. The van der Waals surface area contributed by atoms with Gasteiger partial charge in [0, 0.05) is 12.8 Å². The Labute approximate surface area is 178 Å². The van der Waals surface area contributed by atoms with Crippen molar-refractivity contribution in [2.75, 3.05) is 19.0 Å². The molecular weight excluding hydrogens is 410 g/mol. The molecule has 2 heterocycles. The fraction of sp³-hybridized carbons (Fsp3) is 0.579. The van der Waals surface area contributed by atoms with Crippen LogP contribution in [0.4, 0.5) is 0 Å². The van der Waals surface area contributed by atoms with Crippen LogP contribution in [0.5, 0.6) is 0 Å². The van der Waals surface area contributed by atoms with Gasteiger partial charge in [-0.25, -0.2) is 19.7 Å². The number of fused-ring (bicyclic) bond motifs is 1. The molecule has 2 aromatic heterocycles. The van der Waals surface area contributed by atoms with Crippen LogP contribution in [-0.4, -0.2) is 62.8 Å². The second kappa shape index (κ2) is 12.8. The Morgan fingerprint density at radius 2 is 1.90 bits per heavy atom. The van der Waals surface area contributed by atoms with Crippen LogP contribution >= 0.6 is 11.8 Å². The lowest BCUT2D eigenvalue weighted by atomic mass is 10.1. The maximum absolute atomic E-state index is 12.2. The first kappa shape index (κ1) is 23.6. The first-order valence-corrected chi connectivity index (χ1v) is 10.9. The molecule has 164 valence electrons. The smallest absolute Gasteiger partial charge is 0.328 e. The van der Waals surface area contributed by atoms with Gasteiger partial charge in [-0.05, 0) is 38.9 Å². The number of aromatic nitrogens is 4. The van der Waals surface area contributed by atoms with E-state index in [-0.39, 0.29) is 38.4 Å². The van der Waals surface area contributed by atoms with E-state index in [1.807, 2.05) is 0 Å². The maximum atomic E-state index is 12.2. The molecule has 0 saturated carbocycles. The number of imidazole rings is 1. The van der Waals surface area contributed by atoms with Gasteiger partial charge in [0.2, 0.25) is 5.91 Å². The molecule has 10 nitrogen and oxygen atoms in total. The second-order valence-corrected chi connectivity index (χ2v) is 7.38. The lowest BCUT2D eigenvalue weighted by Crippen LogP contribution is -2.42. The van der Waals surface area contributed by atoms with Crippen LogP contribution in [0.25, 0.3) is 11.2 Å². The largest absolute Gasteiger partial charge is 0.466 e. The molecule has 0 aliphatic rings. The van der Waals surface area contributed by atoms with Gasteiger partial charge in [0.1, 0.15) is 22.9 Å². The predicted octanol–water partition coefficient (Wildman–Crippen LogP) is 2.01. The van der Waals surface area contributed by atoms with Crippen molar-refractivity contribution in [2.45, 2.75) is 57.0 Å². The number of amides is 1. The fourth-order valence-electron chi connectivity index (χ4n) is 2.66. The van der Waals surface area contributed by atoms with Gasteiger partial charge in [-0.1, -0.05) is 0 Å². The number of hydrogen-bond acceptors (Lipinski definition) is 9. The number of H-pyrrole nitrogens is 1. The van der Waals surface area contributed by atoms with E-state index < -0.39 is 18.0 Å². The van der Waals surface area contributed by atoms with Gasteiger partial charge in [0.05, 0.1) is 19.5 Å². The molecule has 0 saturated heterocycles. The van der Waals surface area contributed by atoms with E-state index in [9.17, 15) is 14.4 Å². The zero-order valence-corrected chi connectivity index (χ0v) is 18.0. The zero-order valence-electron chi connectivity index (χ0n) is 17.2. The van der Waals surface area contributed by atoms with Gasteiger partial charge >= 0.3 is 11.9 Å². The van der Waals surface area contributed by atoms with Crippen LogP contribution in [-0.2, 0) is 23.9 Å². The summed E-state index contributed by atoms with van der Waals surface area (Å²) in [5.41, 5.74) is 1.43. The number of nitrogens with zero attached hydrogens (tertiary/aromatic N) is 3. The number of rotatable bonds is 13. The van der Waals surface area contributed by atoms with E-state index in [1.54, 1.807) is 31.9 Å². The monoisotopic (exact) mass is 437 g/mol. The highest BCUT2D eigenvalue weighted by Gasteiger charge is 2.23. The molecule has 0 bridgehead atoms. The molecule has 30 heavy (non-hydrogen) atoms. The van der Waals surface area contributed by atoms with Crippen molar-refractivity contribution in [2.24, 2.45) is 0 Å². The van der Waals surface area contributed by atoms with Crippen molar-refractivity contribution in [3.05, 3.63) is 12.7 Å². The van der Waals surface area contributed by atoms with Crippen LogP contribution in [0, 0.1) is 0 Å². The third-order valence-electron chi connectivity index (χ3n) is 4.07. The average molecular weight is 438 g/mol. The Morgan fingerprint density at radius 3 is 2.67 bits per heavy atom. The number of carbonyl (C=O) groups is 3. The first-order chi connectivity index (χ1) is 14.5. The molecule has 0 unspecified atom stereocenters. The number of hydrogen-bond donors (Lipinski definition) is 2. The minimum Gasteiger partial charge on any atom is -0.466 e. The number of nitrogens with one attached hydrogen (secondary N) is 2. The minimum absolute atomic E-state index is 0.0369. The highest BCUT2D eigenvalue weighted by molar-refractivity contribution is 7.99. The normalized spacial score (nSPS) is 11.8. The van der Waals surface area contributed by atoms with Gasteiger partial charge in [0.25, 0.3) is 0 Å². The van der Waals surface area contributed by atoms with E-state index in [0.717, 1.165) is 22.7 Å². The summed E-state index contributed by atoms with van der Waals surface area (Å²) in [6.07, 6.45) is 4.97. The average Bonchev–Trinajstić information content (AvgIpc) is 3.21. The summed E-state index contributed by atoms with van der Waals surface area (Å²) in [5, 5.41) is 3.49. The molecule has 2 N–H and O–H groups in total. The molecule has 1 amide bonds. The number of aromatic amines is 1. The van der Waals surface area contributed by atoms with Gasteiger partial charge in [-0.15, -0.1) is 11.8 Å². The van der Waals surface area contributed by atoms with Crippen LogP contribution in [0.2, 0.25) is 0 Å². The number of esters is 2. The molecule has 1 atom stereocenters. The van der Waals surface area contributed by atoms with Crippen LogP contribution < -0.4 is 5.32 Å². The number of carbonyl (C=O) groups excluding carboxylic acids is 3. The lowest BCUT2D eigenvalue weighted by molar-refractivity contribution is -0.148. The van der Waals surface area contributed by atoms with E-state index in [1.165, 1.54) is 6.33 Å². The Kier molecular flexibility index (Phi) is 10.1. The summed E-state index contributed by atoms with van der Waals surface area (Å²) in [7, 11) is 0. The Morgan fingerprint density at radius 1 is 1.10 bits per heavy atom.